The summed E-state index contributed by atoms with van der Waals surface area (Å²) in [5.74, 6) is 0.833. The van der Waals surface area contributed by atoms with Gasteiger partial charge in [0.05, 0.1) is 6.61 Å². The molecule has 0 bridgehead atoms. The quantitative estimate of drug-likeness (QED) is 0.726. The van der Waals surface area contributed by atoms with Crippen molar-refractivity contribution in [3.05, 3.63) is 35.4 Å². The van der Waals surface area contributed by atoms with Crippen molar-refractivity contribution in [1.29, 1.82) is 0 Å². The van der Waals surface area contributed by atoms with Gasteiger partial charge in [-0.1, -0.05) is 31.2 Å². The van der Waals surface area contributed by atoms with Gasteiger partial charge in [0.25, 0.3) is 0 Å². The highest BCUT2D eigenvalue weighted by atomic mass is 16.5. The Kier molecular flexibility index (Phi) is 3.73. The molecule has 0 spiro atoms. The molecule has 1 saturated heterocycles. The normalized spacial score (nSPS) is 21.9. The lowest BCUT2D eigenvalue weighted by Crippen LogP contribution is -2.05. The molecule has 86 valence electrons. The average Bonchev–Trinajstić information content (AvgIpc) is 2.83. The van der Waals surface area contributed by atoms with E-state index in [1.54, 1.807) is 0 Å². The van der Waals surface area contributed by atoms with Gasteiger partial charge in [-0.3, -0.25) is 0 Å². The molecule has 2 rings (SSSR count). The minimum atomic E-state index is 0.314. The molecule has 0 N–H and O–H groups in total. The van der Waals surface area contributed by atoms with E-state index < -0.39 is 0 Å². The summed E-state index contributed by atoms with van der Waals surface area (Å²) in [4.78, 5) is 10.6. The smallest absolute Gasteiger partial charge is 0.120 e. The van der Waals surface area contributed by atoms with Crippen LogP contribution in [0, 0.1) is 0 Å². The molecule has 0 radical (unpaired) electrons. The Hall–Kier alpha value is -1.15. The Bertz CT molecular complexity index is 354. The summed E-state index contributed by atoms with van der Waals surface area (Å²) in [6.07, 6.45) is 2.71. The van der Waals surface area contributed by atoms with Gasteiger partial charge in [0.1, 0.15) is 6.29 Å². The van der Waals surface area contributed by atoms with Gasteiger partial charge >= 0.3 is 0 Å². The maximum absolute atomic E-state index is 10.6. The Morgan fingerprint density at radius 1 is 1.50 bits per heavy atom. The molecule has 1 aromatic carbocycles. The van der Waals surface area contributed by atoms with Crippen LogP contribution in [0.15, 0.2) is 24.3 Å². The number of hydrogen-bond donors (Lipinski definition) is 0. The summed E-state index contributed by atoms with van der Waals surface area (Å²) in [6, 6.07) is 8.44. The monoisotopic (exact) mass is 218 g/mol. The zero-order chi connectivity index (χ0) is 11.4. The Labute approximate surface area is 96.6 Å². The lowest BCUT2D eigenvalue weighted by Gasteiger charge is -2.18. The van der Waals surface area contributed by atoms with E-state index in [0.717, 1.165) is 25.9 Å². The van der Waals surface area contributed by atoms with Crippen molar-refractivity contribution >= 4 is 6.29 Å². The van der Waals surface area contributed by atoms with Gasteiger partial charge in [-0.25, -0.2) is 0 Å². The van der Waals surface area contributed by atoms with Crippen molar-refractivity contribution in [3.8, 4) is 0 Å². The van der Waals surface area contributed by atoms with Gasteiger partial charge in [0.2, 0.25) is 0 Å². The minimum Gasteiger partial charge on any atom is -0.381 e. The van der Waals surface area contributed by atoms with E-state index in [2.05, 4.69) is 31.2 Å². The largest absolute Gasteiger partial charge is 0.381 e. The van der Waals surface area contributed by atoms with E-state index in [9.17, 15) is 4.79 Å². The first-order chi connectivity index (χ1) is 7.83. The third kappa shape index (κ3) is 2.33. The van der Waals surface area contributed by atoms with Crippen molar-refractivity contribution in [2.45, 2.75) is 31.6 Å². The van der Waals surface area contributed by atoms with Crippen LogP contribution in [0.1, 0.15) is 42.7 Å². The highest BCUT2D eigenvalue weighted by Gasteiger charge is 2.21. The predicted octanol–water partition coefficient (Wildman–Crippen LogP) is 2.88. The third-order valence-electron chi connectivity index (χ3n) is 3.35. The number of carbonyl (C=O) groups excluding carboxylic acids is 1. The Morgan fingerprint density at radius 3 is 3.00 bits per heavy atom. The van der Waals surface area contributed by atoms with Gasteiger partial charge in [0, 0.05) is 18.9 Å². The zero-order valence-electron chi connectivity index (χ0n) is 9.69. The number of carbonyl (C=O) groups is 1. The van der Waals surface area contributed by atoms with Gasteiger partial charge in [-0.15, -0.1) is 0 Å². The number of ether oxygens (including phenoxy) is 1. The summed E-state index contributed by atoms with van der Waals surface area (Å²) in [5, 5.41) is 0. The first-order valence-electron chi connectivity index (χ1n) is 5.93. The summed E-state index contributed by atoms with van der Waals surface area (Å²) in [6.45, 7) is 3.80. The number of benzene rings is 1. The maximum atomic E-state index is 10.6. The maximum Gasteiger partial charge on any atom is 0.120 e. The molecule has 1 aliphatic rings. The lowest BCUT2D eigenvalue weighted by molar-refractivity contribution is -0.108. The first kappa shape index (κ1) is 11.3. The second-order valence-electron chi connectivity index (χ2n) is 4.49. The van der Waals surface area contributed by atoms with E-state index in [1.165, 1.54) is 11.1 Å². The second kappa shape index (κ2) is 5.26. The molecule has 1 aromatic rings. The molecule has 2 nitrogen and oxygen atoms in total. The molecule has 2 unspecified atom stereocenters. The molecule has 1 fully saturated rings. The fourth-order valence-electron chi connectivity index (χ4n) is 2.38. The van der Waals surface area contributed by atoms with Crippen LogP contribution in [0.4, 0.5) is 0 Å². The highest BCUT2D eigenvalue weighted by molar-refractivity contribution is 5.52. The molecular weight excluding hydrogens is 200 g/mol. The summed E-state index contributed by atoms with van der Waals surface area (Å²) < 4.78 is 5.44. The van der Waals surface area contributed by atoms with Gasteiger partial charge < -0.3 is 9.53 Å². The first-order valence-corrected chi connectivity index (χ1v) is 5.93. The Morgan fingerprint density at radius 2 is 2.31 bits per heavy atom. The van der Waals surface area contributed by atoms with Gasteiger partial charge in [-0.2, -0.15) is 0 Å². The van der Waals surface area contributed by atoms with Crippen LogP contribution in [0.5, 0.6) is 0 Å². The fraction of sp³-hybridized carbons (Fsp3) is 0.500. The lowest BCUT2D eigenvalue weighted by atomic mass is 9.87. The zero-order valence-corrected chi connectivity index (χ0v) is 9.69. The highest BCUT2D eigenvalue weighted by Crippen LogP contribution is 2.32. The standard InChI is InChI=1S/C14H18O2/c1-11(6-8-15)13-4-2-3-5-14(13)12-7-9-16-10-12/h2-5,8,11-12H,6-7,9-10H2,1H3. The molecule has 0 amide bonds. The molecule has 2 atom stereocenters. The molecule has 1 heterocycles. The Balaban J connectivity index is 2.25. The molecule has 16 heavy (non-hydrogen) atoms. The van der Waals surface area contributed by atoms with E-state index in [4.69, 9.17) is 4.74 Å². The van der Waals surface area contributed by atoms with Crippen LogP contribution in [0.25, 0.3) is 0 Å². The van der Waals surface area contributed by atoms with Crippen molar-refractivity contribution in [1.82, 2.24) is 0 Å². The van der Waals surface area contributed by atoms with Gasteiger partial charge in [-0.05, 0) is 23.5 Å². The van der Waals surface area contributed by atoms with Gasteiger partial charge in [0.15, 0.2) is 0 Å². The van der Waals surface area contributed by atoms with Crippen LogP contribution in [-0.2, 0) is 9.53 Å². The SMILES string of the molecule is CC(CC=O)c1ccccc1C1CCOC1. The van der Waals surface area contributed by atoms with Crippen molar-refractivity contribution in [2.24, 2.45) is 0 Å². The minimum absolute atomic E-state index is 0.314. The average molecular weight is 218 g/mol. The fourth-order valence-corrected chi connectivity index (χ4v) is 2.38. The molecule has 0 saturated carbocycles. The molecule has 2 heteroatoms. The third-order valence-corrected chi connectivity index (χ3v) is 3.35. The van der Waals surface area contributed by atoms with Crippen molar-refractivity contribution in [3.63, 3.8) is 0 Å². The van der Waals surface area contributed by atoms with Crippen molar-refractivity contribution in [2.75, 3.05) is 13.2 Å². The predicted molar refractivity (Wildman–Crippen MR) is 63.7 cm³/mol. The number of hydrogen-bond acceptors (Lipinski definition) is 2. The molecule has 1 aliphatic heterocycles. The van der Waals surface area contributed by atoms with Crippen LogP contribution >= 0.6 is 0 Å². The molecule has 0 aliphatic carbocycles. The van der Waals surface area contributed by atoms with Crippen LogP contribution < -0.4 is 0 Å². The molecular formula is C14H18O2. The van der Waals surface area contributed by atoms with E-state index in [1.807, 2.05) is 0 Å². The summed E-state index contributed by atoms with van der Waals surface area (Å²) in [5.41, 5.74) is 2.68. The van der Waals surface area contributed by atoms with E-state index >= 15 is 0 Å². The van der Waals surface area contributed by atoms with Crippen LogP contribution in [-0.4, -0.2) is 19.5 Å². The topological polar surface area (TPSA) is 26.3 Å². The number of rotatable bonds is 4. The summed E-state index contributed by atoms with van der Waals surface area (Å²) >= 11 is 0. The molecule has 0 aromatic heterocycles. The van der Waals surface area contributed by atoms with Crippen LogP contribution in [0.3, 0.4) is 0 Å². The number of aldehydes is 1. The second-order valence-corrected chi connectivity index (χ2v) is 4.49. The van der Waals surface area contributed by atoms with E-state index in [0.29, 0.717) is 18.3 Å². The summed E-state index contributed by atoms with van der Waals surface area (Å²) in [7, 11) is 0. The van der Waals surface area contributed by atoms with E-state index in [-0.39, 0.29) is 0 Å². The van der Waals surface area contributed by atoms with Crippen molar-refractivity contribution < 1.29 is 9.53 Å². The van der Waals surface area contributed by atoms with Crippen LogP contribution in [0.2, 0.25) is 0 Å².